The summed E-state index contributed by atoms with van der Waals surface area (Å²) in [6, 6.07) is 0. The molecular formula is C12H25N. The van der Waals surface area contributed by atoms with Gasteiger partial charge in [-0.1, -0.05) is 45.4 Å². The van der Waals surface area contributed by atoms with E-state index in [2.05, 4.69) is 19.3 Å². The zero-order valence-electron chi connectivity index (χ0n) is 9.31. The Morgan fingerprint density at radius 3 is 2.54 bits per heavy atom. The molecule has 1 N–H and O–H groups in total. The van der Waals surface area contributed by atoms with Crippen LogP contribution < -0.4 is 5.32 Å². The van der Waals surface area contributed by atoms with Crippen LogP contribution in [0.4, 0.5) is 0 Å². The molecule has 0 heterocycles. The Morgan fingerprint density at radius 1 is 1.31 bits per heavy atom. The zero-order valence-corrected chi connectivity index (χ0v) is 9.31. The smallest absolute Gasteiger partial charge is 0.00209 e. The van der Waals surface area contributed by atoms with Crippen LogP contribution in [0.2, 0.25) is 0 Å². The predicted octanol–water partition coefficient (Wildman–Crippen LogP) is 3.20. The van der Waals surface area contributed by atoms with Gasteiger partial charge in [0.15, 0.2) is 0 Å². The first-order valence-corrected chi connectivity index (χ1v) is 6.03. The van der Waals surface area contributed by atoms with Gasteiger partial charge in [0, 0.05) is 0 Å². The van der Waals surface area contributed by atoms with Crippen LogP contribution in [0.3, 0.4) is 0 Å². The predicted molar refractivity (Wildman–Crippen MR) is 58.9 cm³/mol. The lowest BCUT2D eigenvalue weighted by atomic mass is 9.86. The van der Waals surface area contributed by atoms with Gasteiger partial charge < -0.3 is 5.32 Å². The van der Waals surface area contributed by atoms with E-state index in [1.165, 1.54) is 51.5 Å². The molecule has 0 aromatic rings. The maximum absolute atomic E-state index is 3.35. The Balaban J connectivity index is 2.26. The highest BCUT2D eigenvalue weighted by Crippen LogP contribution is 2.33. The lowest BCUT2D eigenvalue weighted by Crippen LogP contribution is -2.24. The summed E-state index contributed by atoms with van der Waals surface area (Å²) in [6.07, 6.45) is 10.2. The van der Waals surface area contributed by atoms with Gasteiger partial charge in [-0.15, -0.1) is 0 Å². The van der Waals surface area contributed by atoms with Crippen LogP contribution in [0.25, 0.3) is 0 Å². The first kappa shape index (κ1) is 11.0. The van der Waals surface area contributed by atoms with Crippen molar-refractivity contribution in [3.05, 3.63) is 0 Å². The van der Waals surface area contributed by atoms with Crippen LogP contribution >= 0.6 is 0 Å². The van der Waals surface area contributed by atoms with Crippen LogP contribution in [-0.2, 0) is 0 Å². The van der Waals surface area contributed by atoms with Crippen molar-refractivity contribution in [2.45, 2.75) is 51.9 Å². The third-order valence-corrected chi connectivity index (χ3v) is 3.46. The lowest BCUT2D eigenvalue weighted by molar-refractivity contribution is 0.304. The fourth-order valence-electron chi connectivity index (χ4n) is 2.66. The van der Waals surface area contributed by atoms with Crippen molar-refractivity contribution in [1.29, 1.82) is 0 Å². The number of unbranched alkanes of at least 4 members (excludes halogenated alkanes) is 1. The highest BCUT2D eigenvalue weighted by molar-refractivity contribution is 4.76. The molecule has 0 bridgehead atoms. The number of rotatable bonds is 6. The summed E-state index contributed by atoms with van der Waals surface area (Å²) in [5, 5.41) is 3.35. The molecule has 0 aromatic carbocycles. The van der Waals surface area contributed by atoms with Crippen molar-refractivity contribution in [2.24, 2.45) is 11.8 Å². The highest BCUT2D eigenvalue weighted by atomic mass is 14.8. The van der Waals surface area contributed by atoms with Crippen molar-refractivity contribution < 1.29 is 0 Å². The number of hydrogen-bond donors (Lipinski definition) is 1. The third kappa shape index (κ3) is 3.68. The van der Waals surface area contributed by atoms with Gasteiger partial charge in [-0.3, -0.25) is 0 Å². The van der Waals surface area contributed by atoms with E-state index in [1.807, 2.05) is 0 Å². The molecule has 1 fully saturated rings. The number of hydrogen-bond acceptors (Lipinski definition) is 1. The quantitative estimate of drug-likeness (QED) is 0.667. The average Bonchev–Trinajstić information content (AvgIpc) is 2.65. The summed E-state index contributed by atoms with van der Waals surface area (Å²) in [6.45, 7) is 3.54. The van der Waals surface area contributed by atoms with Gasteiger partial charge in [-0.05, 0) is 31.8 Å². The summed E-state index contributed by atoms with van der Waals surface area (Å²) < 4.78 is 0. The molecular weight excluding hydrogens is 158 g/mol. The van der Waals surface area contributed by atoms with Crippen molar-refractivity contribution in [2.75, 3.05) is 13.6 Å². The molecule has 0 aliphatic heterocycles. The fourth-order valence-corrected chi connectivity index (χ4v) is 2.66. The van der Waals surface area contributed by atoms with E-state index >= 15 is 0 Å². The largest absolute Gasteiger partial charge is 0.319 e. The standard InChI is InChI=1S/C12H25N/c1-3-4-7-12(10-13-2)11-8-5-6-9-11/h11-13H,3-10H2,1-2H3. The minimum atomic E-state index is 0.965. The van der Waals surface area contributed by atoms with E-state index in [0.717, 1.165) is 11.8 Å². The van der Waals surface area contributed by atoms with Crippen molar-refractivity contribution in [3.63, 3.8) is 0 Å². The molecule has 1 heteroatoms. The molecule has 1 atom stereocenters. The summed E-state index contributed by atoms with van der Waals surface area (Å²) >= 11 is 0. The summed E-state index contributed by atoms with van der Waals surface area (Å²) in [5.41, 5.74) is 0. The Bertz CT molecular complexity index is 116. The van der Waals surface area contributed by atoms with Crippen molar-refractivity contribution >= 4 is 0 Å². The average molecular weight is 183 g/mol. The van der Waals surface area contributed by atoms with Crippen molar-refractivity contribution in [3.8, 4) is 0 Å². The molecule has 1 aliphatic carbocycles. The maximum atomic E-state index is 3.35. The SMILES string of the molecule is CCCCC(CNC)C1CCCC1. The van der Waals surface area contributed by atoms with E-state index < -0.39 is 0 Å². The van der Waals surface area contributed by atoms with Crippen LogP contribution in [0.5, 0.6) is 0 Å². The normalized spacial score (nSPS) is 20.8. The van der Waals surface area contributed by atoms with Gasteiger partial charge in [0.05, 0.1) is 0 Å². The summed E-state index contributed by atoms with van der Waals surface area (Å²) in [5.74, 6) is 2.01. The molecule has 1 saturated carbocycles. The molecule has 78 valence electrons. The molecule has 1 unspecified atom stereocenters. The van der Waals surface area contributed by atoms with Gasteiger partial charge in [0.2, 0.25) is 0 Å². The van der Waals surface area contributed by atoms with Crippen molar-refractivity contribution in [1.82, 2.24) is 5.32 Å². The summed E-state index contributed by atoms with van der Waals surface area (Å²) in [4.78, 5) is 0. The van der Waals surface area contributed by atoms with Crippen LogP contribution in [0.1, 0.15) is 51.9 Å². The first-order valence-electron chi connectivity index (χ1n) is 6.03. The second kappa shape index (κ2) is 6.42. The molecule has 13 heavy (non-hydrogen) atoms. The van der Waals surface area contributed by atoms with Crippen LogP contribution in [-0.4, -0.2) is 13.6 Å². The Morgan fingerprint density at radius 2 is 2.00 bits per heavy atom. The summed E-state index contributed by atoms with van der Waals surface area (Å²) in [7, 11) is 2.09. The zero-order chi connectivity index (χ0) is 9.52. The molecule has 0 amide bonds. The maximum Gasteiger partial charge on any atom is -0.00209 e. The van der Waals surface area contributed by atoms with E-state index in [9.17, 15) is 0 Å². The Kier molecular flexibility index (Phi) is 5.45. The Hall–Kier alpha value is -0.0400. The van der Waals surface area contributed by atoms with Crippen LogP contribution in [0.15, 0.2) is 0 Å². The molecule has 1 aliphatic rings. The molecule has 0 saturated heterocycles. The minimum Gasteiger partial charge on any atom is -0.319 e. The molecule has 0 aromatic heterocycles. The number of nitrogens with one attached hydrogen (secondary N) is 1. The second-order valence-corrected chi connectivity index (χ2v) is 4.50. The minimum absolute atomic E-state index is 0.965. The fraction of sp³-hybridized carbons (Fsp3) is 1.00. The second-order valence-electron chi connectivity index (χ2n) is 4.50. The van der Waals surface area contributed by atoms with Gasteiger partial charge in [0.1, 0.15) is 0 Å². The van der Waals surface area contributed by atoms with Gasteiger partial charge in [-0.25, -0.2) is 0 Å². The van der Waals surface area contributed by atoms with Gasteiger partial charge in [0.25, 0.3) is 0 Å². The van der Waals surface area contributed by atoms with Gasteiger partial charge >= 0.3 is 0 Å². The molecule has 0 radical (unpaired) electrons. The van der Waals surface area contributed by atoms with Gasteiger partial charge in [-0.2, -0.15) is 0 Å². The first-order chi connectivity index (χ1) is 6.38. The topological polar surface area (TPSA) is 12.0 Å². The molecule has 1 nitrogen and oxygen atoms in total. The van der Waals surface area contributed by atoms with E-state index in [1.54, 1.807) is 0 Å². The monoisotopic (exact) mass is 183 g/mol. The van der Waals surface area contributed by atoms with E-state index in [0.29, 0.717) is 0 Å². The molecule has 1 rings (SSSR count). The highest BCUT2D eigenvalue weighted by Gasteiger charge is 2.23. The Labute approximate surface area is 83.3 Å². The molecule has 0 spiro atoms. The van der Waals surface area contributed by atoms with E-state index in [4.69, 9.17) is 0 Å². The van der Waals surface area contributed by atoms with E-state index in [-0.39, 0.29) is 0 Å². The lowest BCUT2D eigenvalue weighted by Gasteiger charge is -2.22. The van der Waals surface area contributed by atoms with Crippen LogP contribution in [0, 0.1) is 11.8 Å². The third-order valence-electron chi connectivity index (χ3n) is 3.46.